The maximum absolute atomic E-state index is 6.47. The predicted molar refractivity (Wildman–Crippen MR) is 112 cm³/mol. The molecule has 2 aromatic carbocycles. The van der Waals surface area contributed by atoms with Crippen molar-refractivity contribution in [1.29, 1.82) is 0 Å². The molecule has 0 fully saturated rings. The van der Waals surface area contributed by atoms with E-state index in [1.165, 1.54) is 10.4 Å². The van der Waals surface area contributed by atoms with Crippen LogP contribution in [0.15, 0.2) is 84.5 Å². The average Bonchev–Trinajstić information content (AvgIpc) is 3.26. The second kappa shape index (κ2) is 8.80. The van der Waals surface area contributed by atoms with Crippen LogP contribution < -0.4 is 10.1 Å². The zero-order valence-corrected chi connectivity index (χ0v) is 15.9. The summed E-state index contributed by atoms with van der Waals surface area (Å²) in [6.07, 6.45) is 4.64. The second-order valence-electron chi connectivity index (χ2n) is 6.43. The first-order valence-corrected chi connectivity index (χ1v) is 10.1. The maximum Gasteiger partial charge on any atom is 0.134 e. The third kappa shape index (κ3) is 4.54. The topological polar surface area (TPSA) is 34.1 Å². The fraction of sp³-hybridized carbons (Fsp3) is 0.174. The van der Waals surface area contributed by atoms with Crippen LogP contribution in [0, 0.1) is 0 Å². The smallest absolute Gasteiger partial charge is 0.134 e. The molecular formula is C23H22N2OS. The summed E-state index contributed by atoms with van der Waals surface area (Å²) in [5.41, 5.74) is 1.30. The van der Waals surface area contributed by atoms with Crippen LogP contribution in [0.3, 0.4) is 0 Å². The van der Waals surface area contributed by atoms with Gasteiger partial charge in [-0.15, -0.1) is 11.3 Å². The molecule has 4 heteroatoms. The molecule has 1 unspecified atom stereocenters. The number of rotatable bonds is 8. The summed E-state index contributed by atoms with van der Waals surface area (Å²) in [4.78, 5) is 5.46. The lowest BCUT2D eigenvalue weighted by Crippen LogP contribution is -2.19. The lowest BCUT2D eigenvalue weighted by molar-refractivity contribution is 0.200. The Hall–Kier alpha value is -2.69. The van der Waals surface area contributed by atoms with Gasteiger partial charge in [0.1, 0.15) is 11.9 Å². The van der Waals surface area contributed by atoms with Gasteiger partial charge in [-0.3, -0.25) is 4.98 Å². The molecule has 0 spiro atoms. The van der Waals surface area contributed by atoms with E-state index in [-0.39, 0.29) is 6.10 Å². The first kappa shape index (κ1) is 17.7. The van der Waals surface area contributed by atoms with Crippen LogP contribution in [-0.4, -0.2) is 11.5 Å². The number of pyridine rings is 1. The summed E-state index contributed by atoms with van der Waals surface area (Å²) < 4.78 is 6.47. The molecule has 3 nitrogen and oxygen atoms in total. The van der Waals surface area contributed by atoms with Gasteiger partial charge in [0.25, 0.3) is 0 Å². The lowest BCUT2D eigenvalue weighted by atomic mass is 10.1. The Morgan fingerprint density at radius 1 is 0.963 bits per heavy atom. The molecule has 0 aliphatic carbocycles. The minimum absolute atomic E-state index is 0.0343. The maximum atomic E-state index is 6.47. The molecule has 0 aliphatic rings. The van der Waals surface area contributed by atoms with Gasteiger partial charge in [0.2, 0.25) is 0 Å². The van der Waals surface area contributed by atoms with E-state index in [0.29, 0.717) is 0 Å². The van der Waals surface area contributed by atoms with E-state index in [1.807, 2.05) is 36.7 Å². The molecular weight excluding hydrogens is 352 g/mol. The Morgan fingerprint density at radius 3 is 2.74 bits per heavy atom. The standard InChI is InChI=1S/C23H22N2OS/c1-2-6-18(7-3-1)16-24-14-12-22(23-10-5-15-27-23)26-21-9-4-8-19-17-25-13-11-20(19)21/h1-11,13,15,17,22,24H,12,14,16H2. The van der Waals surface area contributed by atoms with Crippen molar-refractivity contribution < 1.29 is 4.74 Å². The minimum Gasteiger partial charge on any atom is -0.484 e. The van der Waals surface area contributed by atoms with Crippen molar-refractivity contribution in [2.24, 2.45) is 0 Å². The van der Waals surface area contributed by atoms with Gasteiger partial charge in [0, 0.05) is 41.0 Å². The molecule has 0 saturated carbocycles. The van der Waals surface area contributed by atoms with Gasteiger partial charge >= 0.3 is 0 Å². The highest BCUT2D eigenvalue weighted by Crippen LogP contribution is 2.32. The van der Waals surface area contributed by atoms with Crippen LogP contribution in [0.2, 0.25) is 0 Å². The van der Waals surface area contributed by atoms with Gasteiger partial charge < -0.3 is 10.1 Å². The summed E-state index contributed by atoms with van der Waals surface area (Å²) >= 11 is 1.74. The van der Waals surface area contributed by atoms with Crippen LogP contribution >= 0.6 is 11.3 Å². The summed E-state index contributed by atoms with van der Waals surface area (Å²) in [6, 6.07) is 22.9. The Balaban J connectivity index is 1.45. The molecule has 0 amide bonds. The number of aromatic nitrogens is 1. The normalized spacial score (nSPS) is 12.1. The van der Waals surface area contributed by atoms with Crippen LogP contribution in [0.4, 0.5) is 0 Å². The molecule has 2 aromatic heterocycles. The third-order valence-electron chi connectivity index (χ3n) is 4.53. The third-order valence-corrected chi connectivity index (χ3v) is 5.49. The molecule has 2 heterocycles. The van der Waals surface area contributed by atoms with Crippen molar-refractivity contribution >= 4 is 22.1 Å². The summed E-state index contributed by atoms with van der Waals surface area (Å²) in [5.74, 6) is 0.913. The number of nitrogens with one attached hydrogen (secondary N) is 1. The van der Waals surface area contributed by atoms with E-state index in [1.54, 1.807) is 11.3 Å². The summed E-state index contributed by atoms with van der Waals surface area (Å²) in [5, 5.41) is 7.84. The van der Waals surface area contributed by atoms with Crippen LogP contribution in [0.5, 0.6) is 5.75 Å². The van der Waals surface area contributed by atoms with E-state index in [4.69, 9.17) is 4.74 Å². The van der Waals surface area contributed by atoms with Crippen LogP contribution in [0.1, 0.15) is 23.0 Å². The molecule has 27 heavy (non-hydrogen) atoms. The Morgan fingerprint density at radius 2 is 1.89 bits per heavy atom. The van der Waals surface area contributed by atoms with E-state index in [9.17, 15) is 0 Å². The van der Waals surface area contributed by atoms with Crippen LogP contribution in [-0.2, 0) is 6.54 Å². The molecule has 4 aromatic rings. The second-order valence-corrected chi connectivity index (χ2v) is 7.41. The average molecular weight is 375 g/mol. The van der Waals surface area contributed by atoms with Crippen molar-refractivity contribution in [1.82, 2.24) is 10.3 Å². The number of ether oxygens (including phenoxy) is 1. The highest BCUT2D eigenvalue weighted by molar-refractivity contribution is 7.10. The van der Waals surface area contributed by atoms with Gasteiger partial charge in [0.15, 0.2) is 0 Å². The Bertz CT molecular complexity index is 965. The lowest BCUT2D eigenvalue weighted by Gasteiger charge is -2.19. The zero-order chi connectivity index (χ0) is 18.3. The molecule has 0 saturated heterocycles. The van der Waals surface area contributed by atoms with E-state index in [2.05, 4.69) is 58.1 Å². The number of nitrogens with zero attached hydrogens (tertiary/aromatic N) is 1. The monoisotopic (exact) mass is 374 g/mol. The molecule has 1 atom stereocenters. The molecule has 4 rings (SSSR count). The first-order valence-electron chi connectivity index (χ1n) is 9.17. The van der Waals surface area contributed by atoms with Gasteiger partial charge in [-0.05, 0) is 35.7 Å². The summed E-state index contributed by atoms with van der Waals surface area (Å²) in [6.45, 7) is 1.77. The highest BCUT2D eigenvalue weighted by atomic mass is 32.1. The summed E-state index contributed by atoms with van der Waals surface area (Å²) in [7, 11) is 0. The van der Waals surface area contributed by atoms with Crippen molar-refractivity contribution in [2.45, 2.75) is 19.1 Å². The number of fused-ring (bicyclic) bond motifs is 1. The van der Waals surface area contributed by atoms with Crippen molar-refractivity contribution in [3.05, 3.63) is 94.9 Å². The molecule has 136 valence electrons. The number of hydrogen-bond acceptors (Lipinski definition) is 4. The van der Waals surface area contributed by atoms with Gasteiger partial charge in [-0.25, -0.2) is 0 Å². The minimum atomic E-state index is 0.0343. The van der Waals surface area contributed by atoms with Crippen LogP contribution in [0.25, 0.3) is 10.8 Å². The Labute approximate surface area is 163 Å². The zero-order valence-electron chi connectivity index (χ0n) is 15.0. The molecule has 0 aliphatic heterocycles. The highest BCUT2D eigenvalue weighted by Gasteiger charge is 2.16. The SMILES string of the molecule is c1ccc(CNCCC(Oc2cccc3cnccc23)c2cccs2)cc1. The number of benzene rings is 2. The number of thiophene rings is 1. The first-order chi connectivity index (χ1) is 13.4. The molecule has 1 N–H and O–H groups in total. The quantitative estimate of drug-likeness (QED) is 0.408. The van der Waals surface area contributed by atoms with Gasteiger partial charge in [-0.2, -0.15) is 0 Å². The van der Waals surface area contributed by atoms with Gasteiger partial charge in [-0.1, -0.05) is 48.5 Å². The van der Waals surface area contributed by atoms with Crippen molar-refractivity contribution in [3.8, 4) is 5.75 Å². The number of hydrogen-bond donors (Lipinski definition) is 1. The Kier molecular flexibility index (Phi) is 5.77. The van der Waals surface area contributed by atoms with E-state index in [0.717, 1.165) is 36.0 Å². The molecule has 0 radical (unpaired) electrons. The largest absolute Gasteiger partial charge is 0.484 e. The van der Waals surface area contributed by atoms with Crippen molar-refractivity contribution in [3.63, 3.8) is 0 Å². The fourth-order valence-corrected chi connectivity index (χ4v) is 3.93. The predicted octanol–water partition coefficient (Wildman–Crippen LogP) is 5.60. The van der Waals surface area contributed by atoms with Crippen molar-refractivity contribution in [2.75, 3.05) is 6.54 Å². The van der Waals surface area contributed by atoms with E-state index < -0.39 is 0 Å². The van der Waals surface area contributed by atoms with E-state index >= 15 is 0 Å². The van der Waals surface area contributed by atoms with Gasteiger partial charge in [0.05, 0.1) is 0 Å². The fourth-order valence-electron chi connectivity index (χ4n) is 3.14. The molecule has 0 bridgehead atoms.